The Balaban J connectivity index is 2.27. The van der Waals surface area contributed by atoms with Gasteiger partial charge < -0.3 is 0 Å². The monoisotopic (exact) mass is 175 g/mol. The SMILES string of the molecule is [CH]1C/C=C\CC/C=C\CC/C=C/C1. The fourth-order valence-corrected chi connectivity index (χ4v) is 1.34. The summed E-state index contributed by atoms with van der Waals surface area (Å²) in [4.78, 5) is 0. The molecule has 71 valence electrons. The smallest absolute Gasteiger partial charge is 0.0311 e. The zero-order valence-corrected chi connectivity index (χ0v) is 8.28. The first-order valence-corrected chi connectivity index (χ1v) is 5.27. The minimum Gasteiger partial charge on any atom is -0.0882 e. The van der Waals surface area contributed by atoms with E-state index in [9.17, 15) is 0 Å². The van der Waals surface area contributed by atoms with Gasteiger partial charge in [-0.25, -0.2) is 0 Å². The Hall–Kier alpha value is -0.780. The van der Waals surface area contributed by atoms with Gasteiger partial charge in [-0.05, 0) is 44.9 Å². The summed E-state index contributed by atoms with van der Waals surface area (Å²) < 4.78 is 0. The van der Waals surface area contributed by atoms with Gasteiger partial charge in [-0.3, -0.25) is 0 Å². The molecular formula is C13H19. The summed E-state index contributed by atoms with van der Waals surface area (Å²) in [6.07, 6.45) is 23.0. The van der Waals surface area contributed by atoms with Crippen molar-refractivity contribution in [3.05, 3.63) is 42.9 Å². The Morgan fingerprint density at radius 2 is 0.846 bits per heavy atom. The minimum absolute atomic E-state index is 1.12. The van der Waals surface area contributed by atoms with Gasteiger partial charge in [-0.15, -0.1) is 0 Å². The lowest BCUT2D eigenvalue weighted by atomic mass is 10.2. The Bertz CT molecular complexity index is 164. The first kappa shape index (κ1) is 10.3. The Morgan fingerprint density at radius 1 is 0.462 bits per heavy atom. The van der Waals surface area contributed by atoms with Crippen LogP contribution in [0.25, 0.3) is 0 Å². The molecule has 0 atom stereocenters. The summed E-state index contributed by atoms with van der Waals surface area (Å²) in [5, 5.41) is 0. The van der Waals surface area contributed by atoms with Gasteiger partial charge in [0.1, 0.15) is 0 Å². The molecule has 0 heterocycles. The maximum absolute atomic E-state index is 2.32. The van der Waals surface area contributed by atoms with Crippen molar-refractivity contribution in [3.8, 4) is 0 Å². The molecule has 0 amide bonds. The Morgan fingerprint density at radius 3 is 1.31 bits per heavy atom. The third kappa shape index (κ3) is 6.39. The van der Waals surface area contributed by atoms with Crippen molar-refractivity contribution in [1.82, 2.24) is 0 Å². The van der Waals surface area contributed by atoms with Gasteiger partial charge in [0.25, 0.3) is 0 Å². The second kappa shape index (κ2) is 7.85. The highest BCUT2D eigenvalue weighted by Gasteiger charge is 1.84. The van der Waals surface area contributed by atoms with E-state index in [2.05, 4.69) is 42.9 Å². The molecule has 0 bridgehead atoms. The largest absolute Gasteiger partial charge is 0.0882 e. The molecule has 1 aliphatic carbocycles. The Labute approximate surface area is 82.0 Å². The summed E-state index contributed by atoms with van der Waals surface area (Å²) in [6.45, 7) is 0. The van der Waals surface area contributed by atoms with Crippen molar-refractivity contribution in [2.75, 3.05) is 0 Å². The third-order valence-electron chi connectivity index (χ3n) is 2.11. The molecule has 1 radical (unpaired) electrons. The topological polar surface area (TPSA) is 0 Å². The minimum atomic E-state index is 1.12. The highest BCUT2D eigenvalue weighted by atomic mass is 13.9. The summed E-state index contributed by atoms with van der Waals surface area (Å²) in [5.41, 5.74) is 0. The van der Waals surface area contributed by atoms with E-state index in [1.54, 1.807) is 0 Å². The number of hydrogen-bond donors (Lipinski definition) is 0. The highest BCUT2D eigenvalue weighted by molar-refractivity contribution is 4.96. The lowest BCUT2D eigenvalue weighted by molar-refractivity contribution is 1.00. The molecule has 13 heavy (non-hydrogen) atoms. The average Bonchev–Trinajstić information content (AvgIpc) is 2.18. The van der Waals surface area contributed by atoms with E-state index in [0.717, 1.165) is 12.8 Å². The van der Waals surface area contributed by atoms with Crippen LogP contribution >= 0.6 is 0 Å². The van der Waals surface area contributed by atoms with Crippen LogP contribution in [0.2, 0.25) is 0 Å². The molecular weight excluding hydrogens is 156 g/mol. The standard InChI is InChI=1S/C13H19/c1-2-4-6-8-10-12-13-11-9-7-5-3-1/h1-2,5,8-11H,3-4,6-7,12-13H2/b2-1-,10-8-,11-9+. The molecule has 0 aromatic carbocycles. The van der Waals surface area contributed by atoms with Gasteiger partial charge in [-0.1, -0.05) is 36.5 Å². The van der Waals surface area contributed by atoms with Crippen molar-refractivity contribution < 1.29 is 0 Å². The summed E-state index contributed by atoms with van der Waals surface area (Å²) >= 11 is 0. The molecule has 0 nitrogen and oxygen atoms in total. The van der Waals surface area contributed by atoms with Crippen molar-refractivity contribution >= 4 is 0 Å². The fourth-order valence-electron chi connectivity index (χ4n) is 1.34. The quantitative estimate of drug-likeness (QED) is 0.484. The second-order valence-electron chi connectivity index (χ2n) is 3.33. The Kier molecular flexibility index (Phi) is 6.22. The summed E-state index contributed by atoms with van der Waals surface area (Å²) in [7, 11) is 0. The van der Waals surface area contributed by atoms with E-state index in [1.807, 2.05) is 0 Å². The summed E-state index contributed by atoms with van der Waals surface area (Å²) in [5.74, 6) is 0. The van der Waals surface area contributed by atoms with Crippen molar-refractivity contribution in [3.63, 3.8) is 0 Å². The highest BCUT2D eigenvalue weighted by Crippen LogP contribution is 2.03. The van der Waals surface area contributed by atoms with E-state index in [4.69, 9.17) is 0 Å². The second-order valence-corrected chi connectivity index (χ2v) is 3.33. The molecule has 1 aliphatic rings. The predicted octanol–water partition coefficient (Wildman–Crippen LogP) is 4.21. The molecule has 0 unspecified atom stereocenters. The predicted molar refractivity (Wildman–Crippen MR) is 59.4 cm³/mol. The molecule has 0 N–H and O–H groups in total. The first-order valence-electron chi connectivity index (χ1n) is 5.27. The van der Waals surface area contributed by atoms with E-state index in [0.29, 0.717) is 0 Å². The third-order valence-corrected chi connectivity index (χ3v) is 2.11. The van der Waals surface area contributed by atoms with E-state index < -0.39 is 0 Å². The number of rotatable bonds is 0. The van der Waals surface area contributed by atoms with Crippen LogP contribution in [0.4, 0.5) is 0 Å². The van der Waals surface area contributed by atoms with Crippen LogP contribution in [-0.2, 0) is 0 Å². The van der Waals surface area contributed by atoms with Crippen molar-refractivity contribution in [1.29, 1.82) is 0 Å². The maximum Gasteiger partial charge on any atom is -0.0311 e. The molecule has 0 saturated heterocycles. The molecule has 0 aliphatic heterocycles. The average molecular weight is 175 g/mol. The van der Waals surface area contributed by atoms with E-state index in [1.165, 1.54) is 25.7 Å². The zero-order valence-electron chi connectivity index (χ0n) is 8.28. The molecule has 0 spiro atoms. The molecule has 0 saturated carbocycles. The first-order chi connectivity index (χ1) is 6.50. The van der Waals surface area contributed by atoms with Gasteiger partial charge in [0, 0.05) is 0 Å². The lowest BCUT2D eigenvalue weighted by Gasteiger charge is -1.89. The van der Waals surface area contributed by atoms with Crippen LogP contribution in [0.15, 0.2) is 36.5 Å². The van der Waals surface area contributed by atoms with Gasteiger partial charge in [0.2, 0.25) is 0 Å². The van der Waals surface area contributed by atoms with Crippen LogP contribution < -0.4 is 0 Å². The normalized spacial score (nSPS) is 27.7. The maximum atomic E-state index is 2.32. The van der Waals surface area contributed by atoms with Gasteiger partial charge in [0.05, 0.1) is 0 Å². The van der Waals surface area contributed by atoms with Crippen LogP contribution in [0.5, 0.6) is 0 Å². The molecule has 0 fully saturated rings. The molecule has 0 aromatic heterocycles. The van der Waals surface area contributed by atoms with E-state index in [-0.39, 0.29) is 0 Å². The van der Waals surface area contributed by atoms with Crippen LogP contribution in [0.3, 0.4) is 0 Å². The van der Waals surface area contributed by atoms with Gasteiger partial charge in [0.15, 0.2) is 0 Å². The fraction of sp³-hybridized carbons (Fsp3) is 0.462. The summed E-state index contributed by atoms with van der Waals surface area (Å²) in [6, 6.07) is 0. The van der Waals surface area contributed by atoms with Crippen LogP contribution in [0, 0.1) is 6.42 Å². The van der Waals surface area contributed by atoms with Crippen molar-refractivity contribution in [2.45, 2.75) is 38.5 Å². The van der Waals surface area contributed by atoms with Gasteiger partial charge in [-0.2, -0.15) is 0 Å². The number of allylic oxidation sites excluding steroid dienone is 6. The molecule has 1 rings (SSSR count). The molecule has 0 heteroatoms. The molecule has 0 aromatic rings. The zero-order chi connectivity index (χ0) is 9.19. The van der Waals surface area contributed by atoms with Crippen LogP contribution in [-0.4, -0.2) is 0 Å². The van der Waals surface area contributed by atoms with Crippen molar-refractivity contribution in [2.24, 2.45) is 0 Å². The van der Waals surface area contributed by atoms with E-state index >= 15 is 0 Å². The number of hydrogen-bond acceptors (Lipinski definition) is 0. The van der Waals surface area contributed by atoms with Crippen LogP contribution in [0.1, 0.15) is 38.5 Å². The lowest BCUT2D eigenvalue weighted by Crippen LogP contribution is -1.71. The van der Waals surface area contributed by atoms with Gasteiger partial charge >= 0.3 is 0 Å².